The Labute approximate surface area is 165 Å². The van der Waals surface area contributed by atoms with Crippen molar-refractivity contribution in [1.82, 2.24) is 5.43 Å². The van der Waals surface area contributed by atoms with Gasteiger partial charge in [-0.05, 0) is 48.4 Å². The summed E-state index contributed by atoms with van der Waals surface area (Å²) in [6, 6.07) is 19.4. The summed E-state index contributed by atoms with van der Waals surface area (Å²) in [7, 11) is 1.61. The van der Waals surface area contributed by atoms with Crippen LogP contribution in [0.4, 0.5) is 0 Å². The van der Waals surface area contributed by atoms with E-state index in [1.807, 2.05) is 74.5 Å². The zero-order chi connectivity index (χ0) is 19.9. The lowest BCUT2D eigenvalue weighted by Gasteiger charge is -2.14. The van der Waals surface area contributed by atoms with Crippen LogP contribution in [0.2, 0.25) is 0 Å². The number of rotatable bonds is 7. The molecular formula is C23H24N2O3. The molecule has 0 spiro atoms. The summed E-state index contributed by atoms with van der Waals surface area (Å²) >= 11 is 0. The molecule has 0 fully saturated rings. The number of amides is 1. The fourth-order valence-electron chi connectivity index (χ4n) is 2.90. The molecule has 3 aromatic carbocycles. The molecule has 0 aromatic heterocycles. The summed E-state index contributed by atoms with van der Waals surface area (Å²) in [4.78, 5) is 12.2. The molecule has 0 unspecified atom stereocenters. The number of nitrogens with zero attached hydrogens (tertiary/aromatic N) is 1. The van der Waals surface area contributed by atoms with Gasteiger partial charge in [-0.2, -0.15) is 5.10 Å². The highest BCUT2D eigenvalue weighted by Gasteiger charge is 2.09. The van der Waals surface area contributed by atoms with Crippen LogP contribution in [0.3, 0.4) is 0 Å². The number of nitrogens with one attached hydrogen (secondary N) is 1. The lowest BCUT2D eigenvalue weighted by atomic mass is 10.0. The first kappa shape index (κ1) is 19.4. The summed E-state index contributed by atoms with van der Waals surface area (Å²) in [5.41, 5.74) is 4.33. The lowest BCUT2D eigenvalue weighted by molar-refractivity contribution is -0.120. The van der Waals surface area contributed by atoms with Gasteiger partial charge in [-0.3, -0.25) is 4.79 Å². The number of carbonyl (C=O) groups is 1. The second kappa shape index (κ2) is 9.04. The van der Waals surface area contributed by atoms with Crippen LogP contribution in [0.1, 0.15) is 25.0 Å². The Hall–Kier alpha value is -3.34. The van der Waals surface area contributed by atoms with Gasteiger partial charge in [-0.15, -0.1) is 0 Å². The first-order valence-corrected chi connectivity index (χ1v) is 9.20. The van der Waals surface area contributed by atoms with Crippen LogP contribution in [-0.2, 0) is 11.2 Å². The quantitative estimate of drug-likeness (QED) is 0.493. The van der Waals surface area contributed by atoms with Crippen molar-refractivity contribution in [1.29, 1.82) is 0 Å². The van der Waals surface area contributed by atoms with E-state index in [9.17, 15) is 4.79 Å². The van der Waals surface area contributed by atoms with E-state index in [4.69, 9.17) is 9.47 Å². The number of benzene rings is 3. The van der Waals surface area contributed by atoms with Gasteiger partial charge in [0, 0.05) is 5.56 Å². The minimum absolute atomic E-state index is 0.0398. The van der Waals surface area contributed by atoms with Crippen molar-refractivity contribution >= 4 is 22.9 Å². The fraction of sp³-hybridized carbons (Fsp3) is 0.217. The molecule has 5 nitrogen and oxygen atoms in total. The Morgan fingerprint density at radius 2 is 1.82 bits per heavy atom. The van der Waals surface area contributed by atoms with Crippen LogP contribution in [0.25, 0.3) is 10.8 Å². The van der Waals surface area contributed by atoms with Crippen LogP contribution >= 0.6 is 0 Å². The minimum atomic E-state index is -0.187. The highest BCUT2D eigenvalue weighted by Crippen LogP contribution is 2.27. The normalized spacial score (nSPS) is 11.1. The summed E-state index contributed by atoms with van der Waals surface area (Å²) in [5, 5.41) is 6.27. The molecule has 0 bridgehead atoms. The van der Waals surface area contributed by atoms with E-state index in [2.05, 4.69) is 10.5 Å². The summed E-state index contributed by atoms with van der Waals surface area (Å²) < 4.78 is 11.0. The second-order valence-electron chi connectivity index (χ2n) is 6.68. The maximum atomic E-state index is 12.2. The Bertz CT molecular complexity index is 979. The van der Waals surface area contributed by atoms with Crippen LogP contribution < -0.4 is 14.9 Å². The van der Waals surface area contributed by atoms with Crippen molar-refractivity contribution < 1.29 is 14.3 Å². The van der Waals surface area contributed by atoms with Gasteiger partial charge in [-0.25, -0.2) is 5.43 Å². The predicted molar refractivity (Wildman–Crippen MR) is 112 cm³/mol. The Morgan fingerprint density at radius 1 is 1.07 bits per heavy atom. The third-order valence-electron chi connectivity index (χ3n) is 4.20. The van der Waals surface area contributed by atoms with Crippen molar-refractivity contribution in [2.24, 2.45) is 5.10 Å². The molecule has 0 aliphatic heterocycles. The average molecular weight is 376 g/mol. The molecule has 3 aromatic rings. The van der Waals surface area contributed by atoms with E-state index < -0.39 is 0 Å². The maximum Gasteiger partial charge on any atom is 0.244 e. The molecule has 144 valence electrons. The van der Waals surface area contributed by atoms with Crippen molar-refractivity contribution in [2.75, 3.05) is 7.11 Å². The molecule has 28 heavy (non-hydrogen) atoms. The number of hydrazone groups is 1. The summed E-state index contributed by atoms with van der Waals surface area (Å²) in [5.74, 6) is 1.31. The molecule has 5 heteroatoms. The molecule has 0 radical (unpaired) electrons. The third kappa shape index (κ3) is 4.88. The Balaban J connectivity index is 1.75. The van der Waals surface area contributed by atoms with E-state index in [0.717, 1.165) is 33.4 Å². The summed E-state index contributed by atoms with van der Waals surface area (Å²) in [6.45, 7) is 3.96. The van der Waals surface area contributed by atoms with E-state index in [1.165, 1.54) is 0 Å². The van der Waals surface area contributed by atoms with Gasteiger partial charge in [0.2, 0.25) is 5.91 Å². The number of ether oxygens (including phenoxy) is 2. The number of carbonyl (C=O) groups excluding carboxylic acids is 1. The van der Waals surface area contributed by atoms with Crippen LogP contribution in [0.15, 0.2) is 65.8 Å². The average Bonchev–Trinajstić information content (AvgIpc) is 2.69. The largest absolute Gasteiger partial charge is 0.497 e. The zero-order valence-electron chi connectivity index (χ0n) is 16.3. The van der Waals surface area contributed by atoms with Gasteiger partial charge < -0.3 is 9.47 Å². The first-order chi connectivity index (χ1) is 13.6. The second-order valence-corrected chi connectivity index (χ2v) is 6.68. The highest BCUT2D eigenvalue weighted by atomic mass is 16.5. The van der Waals surface area contributed by atoms with E-state index >= 15 is 0 Å². The molecule has 0 heterocycles. The number of hydrogen-bond acceptors (Lipinski definition) is 4. The smallest absolute Gasteiger partial charge is 0.244 e. The van der Waals surface area contributed by atoms with Crippen molar-refractivity contribution in [3.8, 4) is 11.5 Å². The van der Waals surface area contributed by atoms with Gasteiger partial charge in [0.25, 0.3) is 0 Å². The number of hydrogen-bond donors (Lipinski definition) is 1. The van der Waals surface area contributed by atoms with Gasteiger partial charge in [0.05, 0.1) is 25.8 Å². The van der Waals surface area contributed by atoms with Crippen LogP contribution in [-0.4, -0.2) is 25.3 Å². The SMILES string of the molecule is COc1ccc(CC(=O)N/N=C/c2c(OC(C)C)ccc3ccccc23)cc1. The number of fused-ring (bicyclic) bond motifs is 1. The Kier molecular flexibility index (Phi) is 6.27. The monoisotopic (exact) mass is 376 g/mol. The molecule has 1 N–H and O–H groups in total. The molecule has 0 saturated carbocycles. The van der Waals surface area contributed by atoms with E-state index in [-0.39, 0.29) is 18.4 Å². The topological polar surface area (TPSA) is 59.9 Å². The van der Waals surface area contributed by atoms with Gasteiger partial charge in [-0.1, -0.05) is 42.5 Å². The molecular weight excluding hydrogens is 352 g/mol. The fourth-order valence-corrected chi connectivity index (χ4v) is 2.90. The number of methoxy groups -OCH3 is 1. The van der Waals surface area contributed by atoms with Crippen LogP contribution in [0.5, 0.6) is 11.5 Å². The van der Waals surface area contributed by atoms with Gasteiger partial charge >= 0.3 is 0 Å². The van der Waals surface area contributed by atoms with Gasteiger partial charge in [0.1, 0.15) is 11.5 Å². The molecule has 0 aliphatic rings. The van der Waals surface area contributed by atoms with Crippen molar-refractivity contribution in [2.45, 2.75) is 26.4 Å². The third-order valence-corrected chi connectivity index (χ3v) is 4.20. The molecule has 0 aliphatic carbocycles. The summed E-state index contributed by atoms with van der Waals surface area (Å²) in [6.07, 6.45) is 1.93. The first-order valence-electron chi connectivity index (χ1n) is 9.20. The van der Waals surface area contributed by atoms with Crippen LogP contribution in [0, 0.1) is 0 Å². The standard InChI is InChI=1S/C23H24N2O3/c1-16(2)28-22-13-10-18-6-4-5-7-20(18)21(22)15-24-25-23(26)14-17-8-11-19(27-3)12-9-17/h4-13,15-16H,14H2,1-3H3,(H,25,26)/b24-15+. The predicted octanol–water partition coefficient (Wildman–Crippen LogP) is 4.33. The Morgan fingerprint density at radius 3 is 2.54 bits per heavy atom. The molecule has 3 rings (SSSR count). The molecule has 0 saturated heterocycles. The lowest BCUT2D eigenvalue weighted by Crippen LogP contribution is -2.19. The zero-order valence-corrected chi connectivity index (χ0v) is 16.3. The van der Waals surface area contributed by atoms with Gasteiger partial charge in [0.15, 0.2) is 0 Å². The van der Waals surface area contributed by atoms with E-state index in [0.29, 0.717) is 0 Å². The molecule has 0 atom stereocenters. The minimum Gasteiger partial charge on any atom is -0.497 e. The van der Waals surface area contributed by atoms with Crippen molar-refractivity contribution in [3.63, 3.8) is 0 Å². The highest BCUT2D eigenvalue weighted by molar-refractivity contribution is 6.02. The molecule has 1 amide bonds. The van der Waals surface area contributed by atoms with E-state index in [1.54, 1.807) is 13.3 Å². The maximum absolute atomic E-state index is 12.2. The van der Waals surface area contributed by atoms with Crippen molar-refractivity contribution in [3.05, 3.63) is 71.8 Å².